The summed E-state index contributed by atoms with van der Waals surface area (Å²) < 4.78 is 7.19. The summed E-state index contributed by atoms with van der Waals surface area (Å²) >= 11 is 0. The quantitative estimate of drug-likeness (QED) is 0.506. The van der Waals surface area contributed by atoms with E-state index in [4.69, 9.17) is 10.5 Å². The van der Waals surface area contributed by atoms with Crippen LogP contribution in [0.1, 0.15) is 42.9 Å². The van der Waals surface area contributed by atoms with Crippen molar-refractivity contribution in [1.82, 2.24) is 14.9 Å². The van der Waals surface area contributed by atoms with E-state index in [0.29, 0.717) is 12.2 Å². The molecule has 1 aromatic heterocycles. The molecular weight excluding hydrogens is 342 g/mol. The summed E-state index contributed by atoms with van der Waals surface area (Å²) in [6.07, 6.45) is 1.35. The molecule has 1 aromatic rings. The highest BCUT2D eigenvalue weighted by Crippen LogP contribution is 2.35. The number of Topliss-reactive ketones (excluding diaryl/α,β-unsaturated/α-hetero) is 1. The van der Waals surface area contributed by atoms with E-state index in [1.165, 1.54) is 17.1 Å². The molecule has 1 fully saturated rings. The molecule has 2 unspecified atom stereocenters. The van der Waals surface area contributed by atoms with Crippen LogP contribution in [0.15, 0.2) is 11.3 Å². The Morgan fingerprint density at radius 3 is 3.04 bits per heavy atom. The van der Waals surface area contributed by atoms with Gasteiger partial charge in [0.05, 0.1) is 19.0 Å². The molecule has 10 nitrogen and oxygen atoms in total. The summed E-state index contributed by atoms with van der Waals surface area (Å²) in [5.74, 6) is -0.289. The van der Waals surface area contributed by atoms with Crippen LogP contribution in [0.25, 0.3) is 0 Å². The van der Waals surface area contributed by atoms with E-state index in [1.807, 2.05) is 6.92 Å². The number of carbonyl (C=O) groups excluding carboxylic acids is 2. The summed E-state index contributed by atoms with van der Waals surface area (Å²) in [6, 6.07) is -1.58. The fourth-order valence-corrected chi connectivity index (χ4v) is 3.18. The summed E-state index contributed by atoms with van der Waals surface area (Å²) in [4.78, 5) is 32.5. The van der Waals surface area contributed by atoms with E-state index in [-0.39, 0.29) is 17.9 Å². The number of hydrogen-bond acceptors (Lipinski definition) is 8. The van der Waals surface area contributed by atoms with Crippen molar-refractivity contribution in [1.29, 1.82) is 0 Å². The molecule has 2 aliphatic heterocycles. The van der Waals surface area contributed by atoms with Crippen molar-refractivity contribution >= 4 is 23.7 Å². The molecule has 3 rings (SSSR count). The molecule has 0 saturated carbocycles. The molecule has 2 aliphatic rings. The second-order valence-electron chi connectivity index (χ2n) is 6.43. The van der Waals surface area contributed by atoms with Crippen LogP contribution in [0.3, 0.4) is 0 Å². The van der Waals surface area contributed by atoms with Crippen molar-refractivity contribution in [2.45, 2.75) is 56.7 Å². The van der Waals surface area contributed by atoms with E-state index in [0.717, 1.165) is 6.42 Å². The number of fused-ring (bicyclic) bond motifs is 1. The summed E-state index contributed by atoms with van der Waals surface area (Å²) in [5, 5.41) is 22.6. The fourth-order valence-electron chi connectivity index (χ4n) is 3.18. The lowest BCUT2D eigenvalue weighted by Crippen LogP contribution is -2.51. The summed E-state index contributed by atoms with van der Waals surface area (Å²) in [5.41, 5.74) is 6.05. The van der Waals surface area contributed by atoms with Gasteiger partial charge in [-0.05, 0) is 6.42 Å². The predicted octanol–water partition coefficient (Wildman–Crippen LogP) is -0.965. The van der Waals surface area contributed by atoms with Crippen LogP contribution in [0.5, 0.6) is 0 Å². The molecule has 142 valence electrons. The maximum absolute atomic E-state index is 12.3. The van der Waals surface area contributed by atoms with Gasteiger partial charge in [-0.25, -0.2) is 9.98 Å². The molecule has 26 heavy (non-hydrogen) atoms. The molecule has 0 aromatic carbocycles. The minimum atomic E-state index is -1.15. The third kappa shape index (κ3) is 3.28. The number of ketones is 1. The maximum Gasteiger partial charge on any atom is 0.237 e. The van der Waals surface area contributed by atoms with Gasteiger partial charge in [0.1, 0.15) is 18.2 Å². The second kappa shape index (κ2) is 7.62. The van der Waals surface area contributed by atoms with Gasteiger partial charge < -0.3 is 26.0 Å². The van der Waals surface area contributed by atoms with Crippen LogP contribution in [-0.2, 0) is 9.53 Å². The summed E-state index contributed by atoms with van der Waals surface area (Å²) in [6.45, 7) is 1.49. The molecule has 5 N–H and O–H groups in total. The normalized spacial score (nSPS) is 28.8. The number of aliphatic imine (C=N–C) groups is 1. The van der Waals surface area contributed by atoms with Crippen LogP contribution in [-0.4, -0.2) is 68.6 Å². The number of imidazole rings is 1. The van der Waals surface area contributed by atoms with Crippen molar-refractivity contribution in [3.8, 4) is 0 Å². The lowest BCUT2D eigenvalue weighted by molar-refractivity contribution is -0.124. The minimum Gasteiger partial charge on any atom is -0.394 e. The first kappa shape index (κ1) is 18.6. The number of nitrogens with two attached hydrogens (primary N) is 1. The highest BCUT2D eigenvalue weighted by molar-refractivity contribution is 6.08. The number of ether oxygens (including phenoxy) is 1. The smallest absolute Gasteiger partial charge is 0.237 e. The number of aliphatic hydroxyl groups excluding tert-OH is 2. The highest BCUT2D eigenvalue weighted by Gasteiger charge is 2.46. The molecule has 0 radical (unpaired) electrons. The topological polar surface area (TPSA) is 152 Å². The molecule has 5 atom stereocenters. The molecular formula is C16H23N5O5. The number of nitrogens with zero attached hydrogens (tertiary/aromatic N) is 3. The number of rotatable bonds is 6. The largest absolute Gasteiger partial charge is 0.394 e. The average molecular weight is 365 g/mol. The average Bonchev–Trinajstić information content (AvgIpc) is 3.18. The van der Waals surface area contributed by atoms with Crippen molar-refractivity contribution in [2.24, 2.45) is 10.7 Å². The predicted molar refractivity (Wildman–Crippen MR) is 91.1 cm³/mol. The fraction of sp³-hybridized carbons (Fsp3) is 0.625. The molecule has 0 spiro atoms. The summed E-state index contributed by atoms with van der Waals surface area (Å²) in [7, 11) is 0. The molecule has 0 bridgehead atoms. The van der Waals surface area contributed by atoms with Gasteiger partial charge >= 0.3 is 0 Å². The third-order valence-corrected chi connectivity index (χ3v) is 4.59. The Morgan fingerprint density at radius 2 is 2.35 bits per heavy atom. The van der Waals surface area contributed by atoms with Crippen LogP contribution < -0.4 is 11.1 Å². The number of aromatic nitrogens is 2. The maximum atomic E-state index is 12.3. The van der Waals surface area contributed by atoms with Crippen LogP contribution in [0.4, 0.5) is 5.82 Å². The van der Waals surface area contributed by atoms with Gasteiger partial charge in [-0.3, -0.25) is 14.2 Å². The Morgan fingerprint density at radius 1 is 1.58 bits per heavy atom. The number of aliphatic hydroxyl groups is 2. The molecule has 10 heteroatoms. The van der Waals surface area contributed by atoms with Crippen LogP contribution in [0.2, 0.25) is 0 Å². The first-order valence-electron chi connectivity index (χ1n) is 8.60. The van der Waals surface area contributed by atoms with Gasteiger partial charge in [-0.1, -0.05) is 13.3 Å². The highest BCUT2D eigenvalue weighted by atomic mass is 16.5. The number of nitrogens with one attached hydrogen (secondary N) is 1. The zero-order valence-electron chi connectivity index (χ0n) is 14.4. The number of hydrogen-bond donors (Lipinski definition) is 4. The molecule has 1 saturated heterocycles. The van der Waals surface area contributed by atoms with E-state index in [9.17, 15) is 19.8 Å². The van der Waals surface area contributed by atoms with Crippen molar-refractivity contribution in [2.75, 3.05) is 6.61 Å². The first-order valence-corrected chi connectivity index (χ1v) is 8.60. The zero-order chi connectivity index (χ0) is 18.8. The molecule has 0 aliphatic carbocycles. The second-order valence-corrected chi connectivity index (χ2v) is 6.43. The van der Waals surface area contributed by atoms with E-state index >= 15 is 0 Å². The van der Waals surface area contributed by atoms with Crippen molar-refractivity contribution in [3.63, 3.8) is 0 Å². The Labute approximate surface area is 150 Å². The molecule has 1 amide bonds. The van der Waals surface area contributed by atoms with Crippen molar-refractivity contribution in [3.05, 3.63) is 12.0 Å². The first-order chi connectivity index (χ1) is 12.5. The standard InChI is InChI=1S/C16H23N5O5/c1-2-3-8(17)15(25)20-12-13(24)10(6-22)26-16(12)21-7-19-11-9(23)4-5-18-14(11)21/h5,7-8,10,12-13,16,22,24H,2-4,6,17H2,1H3,(H,20,25)/t8?,10-,12?,13+,16-/m1/s1. The number of carbonyl (C=O) groups is 2. The van der Waals surface area contributed by atoms with Gasteiger partial charge in [0, 0.05) is 12.6 Å². The number of amides is 1. The lowest BCUT2D eigenvalue weighted by Gasteiger charge is -2.25. The third-order valence-electron chi connectivity index (χ3n) is 4.59. The SMILES string of the molecule is CCCC(N)C(=O)NC1[C@@H](O)[C@@H](CO)O[C@H]1n1cnc2c1N=CCC2=O. The zero-order valence-corrected chi connectivity index (χ0v) is 14.4. The lowest BCUT2D eigenvalue weighted by atomic mass is 10.1. The van der Waals surface area contributed by atoms with E-state index < -0.39 is 43.0 Å². The Balaban J connectivity index is 1.88. The minimum absolute atomic E-state index is 0.170. The van der Waals surface area contributed by atoms with E-state index in [2.05, 4.69) is 15.3 Å². The Bertz CT molecular complexity index is 718. The molecule has 3 heterocycles. The van der Waals surface area contributed by atoms with Gasteiger partial charge in [-0.15, -0.1) is 0 Å². The van der Waals surface area contributed by atoms with Gasteiger partial charge in [0.2, 0.25) is 5.91 Å². The van der Waals surface area contributed by atoms with Gasteiger partial charge in [-0.2, -0.15) is 0 Å². The van der Waals surface area contributed by atoms with Crippen LogP contribution in [0, 0.1) is 0 Å². The monoisotopic (exact) mass is 365 g/mol. The van der Waals surface area contributed by atoms with E-state index in [1.54, 1.807) is 0 Å². The Kier molecular flexibility index (Phi) is 5.47. The van der Waals surface area contributed by atoms with Gasteiger partial charge in [0.15, 0.2) is 23.5 Å². The Hall–Kier alpha value is -2.14. The van der Waals surface area contributed by atoms with Crippen molar-refractivity contribution < 1.29 is 24.5 Å². The van der Waals surface area contributed by atoms with Gasteiger partial charge in [0.25, 0.3) is 0 Å². The van der Waals surface area contributed by atoms with Crippen LogP contribution >= 0.6 is 0 Å².